The first-order valence-electron chi connectivity index (χ1n) is 8.86. The first-order chi connectivity index (χ1) is 12.5. The first-order valence-corrected chi connectivity index (χ1v) is 8.86. The average Bonchev–Trinajstić information content (AvgIpc) is 2.65. The van der Waals surface area contributed by atoms with Crippen LogP contribution in [-0.4, -0.2) is 44.2 Å². The molecule has 0 radical (unpaired) electrons. The van der Waals surface area contributed by atoms with Gasteiger partial charge in [-0.1, -0.05) is 29.8 Å². The van der Waals surface area contributed by atoms with Crippen LogP contribution in [0.1, 0.15) is 18.1 Å². The van der Waals surface area contributed by atoms with Crippen molar-refractivity contribution in [3.8, 4) is 11.5 Å². The Morgan fingerprint density at radius 2 is 1.88 bits per heavy atom. The molecule has 0 N–H and O–H groups in total. The molecule has 3 rings (SSSR count). The Labute approximate surface area is 155 Å². The minimum atomic E-state index is -0.194. The predicted octanol–water partition coefficient (Wildman–Crippen LogP) is 3.25. The van der Waals surface area contributed by atoms with Crippen LogP contribution in [0.25, 0.3) is 0 Å². The Morgan fingerprint density at radius 1 is 1.08 bits per heavy atom. The number of nitrogens with zero attached hydrogens (tertiary/aromatic N) is 2. The van der Waals surface area contributed by atoms with Gasteiger partial charge in [0.15, 0.2) is 0 Å². The van der Waals surface area contributed by atoms with Gasteiger partial charge in [-0.15, -0.1) is 0 Å². The molecular weight excluding hydrogens is 328 g/mol. The van der Waals surface area contributed by atoms with E-state index in [0.717, 1.165) is 18.8 Å². The standard InChI is InChI=1S/C21H26N2O3/c1-15-6-5-7-17(12-15)14-22-10-11-23(21(24)16(22)2)19-13-18(25-3)8-9-20(19)26-4/h5-9,12-13,16H,10-11,14H2,1-4H3. The number of hydrogen-bond donors (Lipinski definition) is 0. The van der Waals surface area contributed by atoms with Gasteiger partial charge in [0.05, 0.1) is 25.9 Å². The molecule has 1 unspecified atom stereocenters. The van der Waals surface area contributed by atoms with Crippen molar-refractivity contribution in [1.82, 2.24) is 4.90 Å². The molecule has 0 saturated carbocycles. The number of piperazine rings is 1. The molecule has 0 spiro atoms. The fourth-order valence-corrected chi connectivity index (χ4v) is 3.42. The third-order valence-corrected chi connectivity index (χ3v) is 4.93. The lowest BCUT2D eigenvalue weighted by molar-refractivity contribution is -0.125. The molecule has 0 bridgehead atoms. The number of carbonyl (C=O) groups excluding carboxylic acids is 1. The van der Waals surface area contributed by atoms with E-state index in [1.165, 1.54) is 11.1 Å². The van der Waals surface area contributed by atoms with Gasteiger partial charge in [-0.2, -0.15) is 0 Å². The van der Waals surface area contributed by atoms with E-state index in [2.05, 4.69) is 36.1 Å². The fraction of sp³-hybridized carbons (Fsp3) is 0.381. The number of rotatable bonds is 5. The molecule has 0 aromatic heterocycles. The van der Waals surface area contributed by atoms with Crippen molar-refractivity contribution < 1.29 is 14.3 Å². The zero-order valence-electron chi connectivity index (χ0n) is 15.9. The molecule has 1 amide bonds. The minimum Gasteiger partial charge on any atom is -0.497 e. The van der Waals surface area contributed by atoms with E-state index in [0.29, 0.717) is 18.0 Å². The number of benzene rings is 2. The fourth-order valence-electron chi connectivity index (χ4n) is 3.42. The summed E-state index contributed by atoms with van der Waals surface area (Å²) in [6.45, 7) is 6.26. The second-order valence-corrected chi connectivity index (χ2v) is 6.66. The average molecular weight is 354 g/mol. The van der Waals surface area contributed by atoms with Crippen molar-refractivity contribution >= 4 is 11.6 Å². The number of amides is 1. The van der Waals surface area contributed by atoms with Crippen LogP contribution in [0.3, 0.4) is 0 Å². The summed E-state index contributed by atoms with van der Waals surface area (Å²) in [6.07, 6.45) is 0. The molecule has 1 heterocycles. The molecule has 1 atom stereocenters. The largest absolute Gasteiger partial charge is 0.497 e. The van der Waals surface area contributed by atoms with Crippen LogP contribution in [0.2, 0.25) is 0 Å². The van der Waals surface area contributed by atoms with Crippen LogP contribution in [0.5, 0.6) is 11.5 Å². The van der Waals surface area contributed by atoms with Crippen molar-refractivity contribution in [2.75, 3.05) is 32.2 Å². The summed E-state index contributed by atoms with van der Waals surface area (Å²) in [6, 6.07) is 13.8. The van der Waals surface area contributed by atoms with Crippen LogP contribution in [0.15, 0.2) is 42.5 Å². The number of hydrogen-bond acceptors (Lipinski definition) is 4. The first kappa shape index (κ1) is 18.3. The summed E-state index contributed by atoms with van der Waals surface area (Å²) in [5.41, 5.74) is 3.23. The summed E-state index contributed by atoms with van der Waals surface area (Å²) in [5, 5.41) is 0. The normalized spacial score (nSPS) is 18.1. The van der Waals surface area contributed by atoms with Crippen molar-refractivity contribution in [2.24, 2.45) is 0 Å². The Bertz CT molecular complexity index is 791. The maximum absolute atomic E-state index is 13.0. The van der Waals surface area contributed by atoms with E-state index < -0.39 is 0 Å². The Kier molecular flexibility index (Phi) is 5.47. The van der Waals surface area contributed by atoms with E-state index in [-0.39, 0.29) is 11.9 Å². The van der Waals surface area contributed by atoms with Gasteiger partial charge in [-0.25, -0.2) is 0 Å². The van der Waals surface area contributed by atoms with Gasteiger partial charge in [0.2, 0.25) is 5.91 Å². The second kappa shape index (κ2) is 7.79. The topological polar surface area (TPSA) is 42.0 Å². The molecule has 1 aliphatic heterocycles. The van der Waals surface area contributed by atoms with Crippen LogP contribution in [0, 0.1) is 6.92 Å². The maximum atomic E-state index is 13.0. The van der Waals surface area contributed by atoms with E-state index in [4.69, 9.17) is 9.47 Å². The van der Waals surface area contributed by atoms with Crippen molar-refractivity contribution in [3.05, 3.63) is 53.6 Å². The molecule has 138 valence electrons. The number of aryl methyl sites for hydroxylation is 1. The Balaban J connectivity index is 1.80. The lowest BCUT2D eigenvalue weighted by atomic mass is 10.1. The molecular formula is C21H26N2O3. The zero-order valence-corrected chi connectivity index (χ0v) is 15.9. The smallest absolute Gasteiger partial charge is 0.244 e. The monoisotopic (exact) mass is 354 g/mol. The summed E-state index contributed by atoms with van der Waals surface area (Å²) in [4.78, 5) is 17.1. The van der Waals surface area contributed by atoms with E-state index in [9.17, 15) is 4.79 Å². The SMILES string of the molecule is COc1ccc(OC)c(N2CCN(Cc3cccc(C)c3)C(C)C2=O)c1. The third-order valence-electron chi connectivity index (χ3n) is 4.93. The number of ether oxygens (including phenoxy) is 2. The van der Waals surface area contributed by atoms with Gasteiger partial charge in [-0.3, -0.25) is 9.69 Å². The highest BCUT2D eigenvalue weighted by Crippen LogP contribution is 2.34. The maximum Gasteiger partial charge on any atom is 0.244 e. The minimum absolute atomic E-state index is 0.0791. The zero-order chi connectivity index (χ0) is 18.7. The van der Waals surface area contributed by atoms with E-state index in [1.54, 1.807) is 19.1 Å². The van der Waals surface area contributed by atoms with Crippen LogP contribution < -0.4 is 14.4 Å². The summed E-state index contributed by atoms with van der Waals surface area (Å²) in [5.74, 6) is 1.47. The van der Waals surface area contributed by atoms with E-state index >= 15 is 0 Å². The lowest BCUT2D eigenvalue weighted by Crippen LogP contribution is -2.55. The van der Waals surface area contributed by atoms with Crippen molar-refractivity contribution in [1.29, 1.82) is 0 Å². The van der Waals surface area contributed by atoms with Gasteiger partial charge >= 0.3 is 0 Å². The second-order valence-electron chi connectivity index (χ2n) is 6.66. The number of carbonyl (C=O) groups is 1. The van der Waals surface area contributed by atoms with Crippen LogP contribution in [0.4, 0.5) is 5.69 Å². The van der Waals surface area contributed by atoms with E-state index in [1.807, 2.05) is 25.1 Å². The van der Waals surface area contributed by atoms with Gasteiger partial charge in [0.25, 0.3) is 0 Å². The van der Waals surface area contributed by atoms with Gasteiger partial charge in [0, 0.05) is 25.7 Å². The highest BCUT2D eigenvalue weighted by molar-refractivity contribution is 5.99. The molecule has 5 nitrogen and oxygen atoms in total. The lowest BCUT2D eigenvalue weighted by Gasteiger charge is -2.39. The van der Waals surface area contributed by atoms with Gasteiger partial charge in [-0.05, 0) is 31.5 Å². The molecule has 0 aliphatic carbocycles. The van der Waals surface area contributed by atoms with Gasteiger partial charge in [0.1, 0.15) is 11.5 Å². The molecule has 26 heavy (non-hydrogen) atoms. The molecule has 1 aliphatic rings. The quantitative estimate of drug-likeness (QED) is 0.827. The molecule has 5 heteroatoms. The highest BCUT2D eigenvalue weighted by Gasteiger charge is 2.33. The molecule has 2 aromatic rings. The molecule has 1 saturated heterocycles. The van der Waals surface area contributed by atoms with Crippen LogP contribution >= 0.6 is 0 Å². The highest BCUT2D eigenvalue weighted by atomic mass is 16.5. The summed E-state index contributed by atoms with van der Waals surface area (Å²) < 4.78 is 10.8. The third kappa shape index (κ3) is 3.68. The number of methoxy groups -OCH3 is 2. The Hall–Kier alpha value is -2.53. The van der Waals surface area contributed by atoms with Crippen molar-refractivity contribution in [2.45, 2.75) is 26.4 Å². The predicted molar refractivity (Wildman–Crippen MR) is 103 cm³/mol. The molecule has 1 fully saturated rings. The van der Waals surface area contributed by atoms with Gasteiger partial charge < -0.3 is 14.4 Å². The van der Waals surface area contributed by atoms with Crippen LogP contribution in [-0.2, 0) is 11.3 Å². The van der Waals surface area contributed by atoms with Crippen molar-refractivity contribution in [3.63, 3.8) is 0 Å². The summed E-state index contributed by atoms with van der Waals surface area (Å²) in [7, 11) is 3.24. The molecule has 2 aromatic carbocycles. The summed E-state index contributed by atoms with van der Waals surface area (Å²) >= 11 is 0. The Morgan fingerprint density at radius 3 is 2.58 bits per heavy atom. The number of anilines is 1.